The Hall–Kier alpha value is -3.57. The highest BCUT2D eigenvalue weighted by atomic mass is 16.6. The van der Waals surface area contributed by atoms with Gasteiger partial charge in [-0.3, -0.25) is 9.59 Å². The van der Waals surface area contributed by atoms with Crippen LogP contribution >= 0.6 is 0 Å². The molecule has 1 atom stereocenters. The van der Waals surface area contributed by atoms with Gasteiger partial charge in [0.05, 0.1) is 37.8 Å². The predicted molar refractivity (Wildman–Crippen MR) is 108 cm³/mol. The van der Waals surface area contributed by atoms with Crippen molar-refractivity contribution in [2.75, 3.05) is 44.6 Å². The van der Waals surface area contributed by atoms with Gasteiger partial charge in [0.25, 0.3) is 11.8 Å². The third kappa shape index (κ3) is 4.53. The fraction of sp³-hybridized carbons (Fsp3) is 0.318. The van der Waals surface area contributed by atoms with Gasteiger partial charge in [-0.2, -0.15) is 5.26 Å². The van der Waals surface area contributed by atoms with E-state index in [0.29, 0.717) is 55.5 Å². The lowest BCUT2D eigenvalue weighted by atomic mass is 10.2. The predicted octanol–water partition coefficient (Wildman–Crippen LogP) is 0.0639. The number of para-hydroxylation sites is 2. The Morgan fingerprint density at radius 3 is 2.50 bits per heavy atom. The average molecular weight is 407 g/mol. The number of amides is 2. The van der Waals surface area contributed by atoms with Crippen molar-refractivity contribution >= 4 is 17.5 Å². The number of nitrogens with zero attached hydrogens (tertiary/aromatic N) is 2. The Kier molecular flexibility index (Phi) is 5.82. The molecule has 1 saturated heterocycles. The number of hydrogen-bond donors (Lipinski definition) is 2. The molecule has 0 spiro atoms. The van der Waals surface area contributed by atoms with Crippen molar-refractivity contribution in [3.8, 4) is 17.6 Å². The number of nitriles is 1. The van der Waals surface area contributed by atoms with E-state index < -0.39 is 6.10 Å². The second-order valence-electron chi connectivity index (χ2n) is 7.35. The molecular weight excluding hydrogens is 384 g/mol. The maximum Gasteiger partial charge on any atom is 0.279 e. The first-order valence-electron chi connectivity index (χ1n) is 9.93. The molecule has 0 saturated carbocycles. The first kappa shape index (κ1) is 19.7. The minimum atomic E-state index is -0.638. The summed E-state index contributed by atoms with van der Waals surface area (Å²) in [7, 11) is 0. The largest absolute Gasteiger partial charge is 0.485 e. The summed E-state index contributed by atoms with van der Waals surface area (Å²) in [5, 5.41) is 11.7. The van der Waals surface area contributed by atoms with Crippen molar-refractivity contribution in [3.63, 3.8) is 0 Å². The lowest BCUT2D eigenvalue weighted by Gasteiger charge is -2.35. The molecule has 2 aliphatic rings. The summed E-state index contributed by atoms with van der Waals surface area (Å²) in [5.74, 6) is 1.08. The number of ether oxygens (including phenoxy) is 2. The monoisotopic (exact) mass is 407 g/mol. The molecule has 0 bridgehead atoms. The van der Waals surface area contributed by atoms with Crippen molar-refractivity contribution in [2.45, 2.75) is 6.10 Å². The van der Waals surface area contributed by atoms with Crippen LogP contribution in [0, 0.1) is 11.3 Å². The van der Waals surface area contributed by atoms with E-state index in [9.17, 15) is 9.59 Å². The topological polar surface area (TPSA) is 96.1 Å². The van der Waals surface area contributed by atoms with Gasteiger partial charge in [0.1, 0.15) is 6.61 Å². The van der Waals surface area contributed by atoms with Crippen molar-refractivity contribution in [2.24, 2.45) is 0 Å². The second-order valence-corrected chi connectivity index (χ2v) is 7.35. The highest BCUT2D eigenvalue weighted by Gasteiger charge is 2.34. The normalized spacial score (nSPS) is 18.4. The van der Waals surface area contributed by atoms with Crippen LogP contribution in [0.15, 0.2) is 48.5 Å². The summed E-state index contributed by atoms with van der Waals surface area (Å²) in [5.41, 5.74) is 1.22. The molecule has 8 heteroatoms. The van der Waals surface area contributed by atoms with Crippen LogP contribution in [-0.4, -0.2) is 62.1 Å². The van der Waals surface area contributed by atoms with Gasteiger partial charge in [0.15, 0.2) is 18.0 Å². The van der Waals surface area contributed by atoms with Crippen molar-refractivity contribution in [3.05, 3.63) is 54.1 Å². The van der Waals surface area contributed by atoms with E-state index in [-0.39, 0.29) is 18.4 Å². The standard InChI is InChI=1S/C22H22N4O4/c23-13-16-5-7-17(8-6-16)24-21(27)14-25-9-11-26(12-10-25)22(28)20-15-29-18-3-1-2-4-19(18)30-20/h1-8,20H,9-12,14-15H2,(H,24,27)/p+1/t20-/m1/s1. The summed E-state index contributed by atoms with van der Waals surface area (Å²) < 4.78 is 11.5. The van der Waals surface area contributed by atoms with E-state index in [1.807, 2.05) is 24.3 Å². The van der Waals surface area contributed by atoms with Crippen LogP contribution in [-0.2, 0) is 9.59 Å². The van der Waals surface area contributed by atoms with E-state index >= 15 is 0 Å². The molecular formula is C22H23N4O4+. The third-order valence-corrected chi connectivity index (χ3v) is 5.27. The maximum atomic E-state index is 12.8. The molecule has 154 valence electrons. The van der Waals surface area contributed by atoms with Gasteiger partial charge < -0.3 is 24.6 Å². The zero-order valence-electron chi connectivity index (χ0n) is 16.5. The van der Waals surface area contributed by atoms with Crippen molar-refractivity contribution < 1.29 is 24.0 Å². The molecule has 4 rings (SSSR count). The second kappa shape index (κ2) is 8.84. The summed E-state index contributed by atoms with van der Waals surface area (Å²) in [4.78, 5) is 28.0. The van der Waals surface area contributed by atoms with Crippen molar-refractivity contribution in [1.82, 2.24) is 4.90 Å². The van der Waals surface area contributed by atoms with Gasteiger partial charge in [-0.05, 0) is 36.4 Å². The molecule has 0 unspecified atom stereocenters. The Morgan fingerprint density at radius 1 is 1.10 bits per heavy atom. The summed E-state index contributed by atoms with van der Waals surface area (Å²) in [6.07, 6.45) is -0.638. The van der Waals surface area contributed by atoms with Crippen molar-refractivity contribution in [1.29, 1.82) is 5.26 Å². The third-order valence-electron chi connectivity index (χ3n) is 5.27. The van der Waals surface area contributed by atoms with E-state index in [2.05, 4.69) is 5.32 Å². The lowest BCUT2D eigenvalue weighted by molar-refractivity contribution is -0.895. The van der Waals surface area contributed by atoms with Crippen LogP contribution in [0.4, 0.5) is 5.69 Å². The average Bonchev–Trinajstić information content (AvgIpc) is 2.79. The Labute approximate surface area is 174 Å². The molecule has 2 N–H and O–H groups in total. The Bertz CT molecular complexity index is 962. The maximum absolute atomic E-state index is 12.8. The number of benzene rings is 2. The zero-order valence-corrected chi connectivity index (χ0v) is 16.5. The summed E-state index contributed by atoms with van der Waals surface area (Å²) in [6.45, 7) is 3.06. The number of quaternary nitrogens is 1. The quantitative estimate of drug-likeness (QED) is 0.748. The molecule has 2 aromatic carbocycles. The molecule has 2 heterocycles. The van der Waals surface area contributed by atoms with Crippen LogP contribution in [0.5, 0.6) is 11.5 Å². The molecule has 8 nitrogen and oxygen atoms in total. The zero-order chi connectivity index (χ0) is 20.9. The van der Waals surface area contributed by atoms with Gasteiger partial charge in [-0.25, -0.2) is 0 Å². The summed E-state index contributed by atoms with van der Waals surface area (Å²) in [6, 6.07) is 16.1. The van der Waals surface area contributed by atoms with Gasteiger partial charge in [0.2, 0.25) is 6.10 Å². The number of fused-ring (bicyclic) bond motifs is 1. The lowest BCUT2D eigenvalue weighted by Crippen LogP contribution is -3.15. The van der Waals surface area contributed by atoms with E-state index in [1.54, 1.807) is 35.2 Å². The number of carbonyl (C=O) groups is 2. The van der Waals surface area contributed by atoms with Gasteiger partial charge in [-0.15, -0.1) is 0 Å². The fourth-order valence-corrected chi connectivity index (χ4v) is 3.63. The smallest absolute Gasteiger partial charge is 0.279 e. The Morgan fingerprint density at radius 2 is 1.80 bits per heavy atom. The van der Waals surface area contributed by atoms with Gasteiger partial charge >= 0.3 is 0 Å². The molecule has 0 aromatic heterocycles. The van der Waals surface area contributed by atoms with Gasteiger partial charge in [-0.1, -0.05) is 12.1 Å². The van der Waals surface area contributed by atoms with E-state index in [1.165, 1.54) is 0 Å². The van der Waals surface area contributed by atoms with Crippen LogP contribution < -0.4 is 19.7 Å². The number of hydrogen-bond acceptors (Lipinski definition) is 5. The molecule has 1 fully saturated rings. The molecule has 0 radical (unpaired) electrons. The molecule has 2 amide bonds. The number of nitrogens with one attached hydrogen (secondary N) is 2. The SMILES string of the molecule is N#Cc1ccc(NC(=O)C[NH+]2CCN(C(=O)[C@H]3COc4ccccc4O3)CC2)cc1. The first-order chi connectivity index (χ1) is 14.6. The van der Waals surface area contributed by atoms with E-state index in [0.717, 1.165) is 4.90 Å². The summed E-state index contributed by atoms with van der Waals surface area (Å²) >= 11 is 0. The van der Waals surface area contributed by atoms with Crippen LogP contribution in [0.2, 0.25) is 0 Å². The number of carbonyl (C=O) groups excluding carboxylic acids is 2. The molecule has 30 heavy (non-hydrogen) atoms. The first-order valence-corrected chi connectivity index (χ1v) is 9.93. The van der Waals surface area contributed by atoms with Crippen LogP contribution in [0.3, 0.4) is 0 Å². The minimum Gasteiger partial charge on any atom is -0.485 e. The highest BCUT2D eigenvalue weighted by Crippen LogP contribution is 2.31. The molecule has 2 aromatic rings. The molecule has 0 aliphatic carbocycles. The van der Waals surface area contributed by atoms with E-state index in [4.69, 9.17) is 14.7 Å². The Balaban J connectivity index is 1.24. The number of piperazine rings is 1. The minimum absolute atomic E-state index is 0.0782. The fourth-order valence-electron chi connectivity index (χ4n) is 3.63. The molecule has 2 aliphatic heterocycles. The number of anilines is 1. The van der Waals surface area contributed by atoms with Crippen LogP contribution in [0.1, 0.15) is 5.56 Å². The highest BCUT2D eigenvalue weighted by molar-refractivity contribution is 5.91. The number of rotatable bonds is 4. The van der Waals surface area contributed by atoms with Crippen LogP contribution in [0.25, 0.3) is 0 Å². The van der Waals surface area contributed by atoms with Gasteiger partial charge in [0, 0.05) is 5.69 Å².